The Morgan fingerprint density at radius 1 is 0.875 bits per heavy atom. The molecule has 184 valence electrons. The number of hydrogen-bond acceptors (Lipinski definition) is 7. The van der Waals surface area contributed by atoms with Gasteiger partial charge >= 0.3 is 5.97 Å². The number of aliphatic hydroxyl groups excluding tert-OH is 1. The summed E-state index contributed by atoms with van der Waals surface area (Å²) in [5, 5.41) is 25.8. The summed E-state index contributed by atoms with van der Waals surface area (Å²) >= 11 is 0. The molecule has 0 saturated carbocycles. The molecular formula is C20H37N5O7. The van der Waals surface area contributed by atoms with E-state index in [-0.39, 0.29) is 18.3 Å². The first-order chi connectivity index (χ1) is 14.7. The molecule has 0 heterocycles. The van der Waals surface area contributed by atoms with Crippen LogP contribution in [0.25, 0.3) is 0 Å². The van der Waals surface area contributed by atoms with Crippen molar-refractivity contribution >= 4 is 29.6 Å². The summed E-state index contributed by atoms with van der Waals surface area (Å²) in [6.07, 6.45) is -1.15. The van der Waals surface area contributed by atoms with Crippen LogP contribution in [0.3, 0.4) is 0 Å². The minimum atomic E-state index is -1.58. The van der Waals surface area contributed by atoms with E-state index in [1.807, 2.05) is 6.92 Å². The minimum Gasteiger partial charge on any atom is -0.480 e. The Hall–Kier alpha value is -2.73. The lowest BCUT2D eigenvalue weighted by Gasteiger charge is -2.26. The molecule has 12 heteroatoms. The Morgan fingerprint density at radius 3 is 1.78 bits per heavy atom. The fourth-order valence-corrected chi connectivity index (χ4v) is 2.81. The number of amides is 4. The van der Waals surface area contributed by atoms with Gasteiger partial charge in [0.2, 0.25) is 23.6 Å². The summed E-state index contributed by atoms with van der Waals surface area (Å²) in [7, 11) is 0. The van der Waals surface area contributed by atoms with E-state index in [1.54, 1.807) is 20.8 Å². The van der Waals surface area contributed by atoms with Crippen molar-refractivity contribution < 1.29 is 34.2 Å². The molecule has 0 aliphatic carbocycles. The Bertz CT molecular complexity index is 683. The number of carbonyl (C=O) groups is 5. The molecule has 6 atom stereocenters. The monoisotopic (exact) mass is 459 g/mol. The summed E-state index contributed by atoms with van der Waals surface area (Å²) in [6, 6.07) is -5.05. The van der Waals surface area contributed by atoms with Gasteiger partial charge in [0.05, 0.1) is 18.6 Å². The number of nitrogens with one attached hydrogen (secondary N) is 3. The van der Waals surface area contributed by atoms with E-state index in [2.05, 4.69) is 16.0 Å². The molecule has 9 N–H and O–H groups in total. The van der Waals surface area contributed by atoms with Gasteiger partial charge < -0.3 is 37.6 Å². The van der Waals surface area contributed by atoms with Crippen LogP contribution in [-0.2, 0) is 24.0 Å². The highest BCUT2D eigenvalue weighted by Gasteiger charge is 2.33. The Labute approximate surface area is 187 Å². The average molecular weight is 460 g/mol. The van der Waals surface area contributed by atoms with Crippen LogP contribution in [0, 0.1) is 11.8 Å². The Kier molecular flexibility index (Phi) is 12.5. The molecule has 0 spiro atoms. The van der Waals surface area contributed by atoms with Crippen molar-refractivity contribution in [3.8, 4) is 0 Å². The normalized spacial score (nSPS) is 16.8. The fraction of sp³-hybridized carbons (Fsp3) is 0.750. The molecule has 0 aromatic carbocycles. The number of nitrogens with two attached hydrogens (primary N) is 2. The first-order valence-electron chi connectivity index (χ1n) is 10.6. The van der Waals surface area contributed by atoms with E-state index in [1.165, 1.54) is 6.92 Å². The summed E-state index contributed by atoms with van der Waals surface area (Å²) in [6.45, 7) is 8.37. The maximum atomic E-state index is 12.8. The van der Waals surface area contributed by atoms with E-state index in [4.69, 9.17) is 16.6 Å². The molecular weight excluding hydrogens is 422 g/mol. The number of aliphatic hydroxyl groups is 1. The predicted octanol–water partition coefficient (Wildman–Crippen LogP) is -1.80. The molecule has 0 aliphatic rings. The SMILES string of the molecule is CCC(C)C(N)C(=O)NC(CC(N)=O)C(=O)NC(CC(C)C)C(=O)NC(C(=O)O)C(C)O. The van der Waals surface area contributed by atoms with Crippen LogP contribution >= 0.6 is 0 Å². The second kappa shape index (κ2) is 13.6. The van der Waals surface area contributed by atoms with Gasteiger partial charge in [-0.25, -0.2) is 4.79 Å². The van der Waals surface area contributed by atoms with Crippen LogP contribution in [0.4, 0.5) is 0 Å². The van der Waals surface area contributed by atoms with Gasteiger partial charge in [0.25, 0.3) is 0 Å². The number of primary amides is 1. The molecule has 0 aromatic heterocycles. The smallest absolute Gasteiger partial charge is 0.328 e. The van der Waals surface area contributed by atoms with Crippen LogP contribution in [0.1, 0.15) is 53.9 Å². The quantitative estimate of drug-likeness (QED) is 0.157. The zero-order valence-corrected chi connectivity index (χ0v) is 19.3. The second-order valence-corrected chi connectivity index (χ2v) is 8.40. The highest BCUT2D eigenvalue weighted by molar-refractivity contribution is 5.96. The molecule has 4 amide bonds. The highest BCUT2D eigenvalue weighted by atomic mass is 16.4. The van der Waals surface area contributed by atoms with Gasteiger partial charge in [-0.15, -0.1) is 0 Å². The van der Waals surface area contributed by atoms with E-state index in [0.717, 1.165) is 0 Å². The van der Waals surface area contributed by atoms with E-state index < -0.39 is 66.3 Å². The van der Waals surface area contributed by atoms with Gasteiger partial charge in [-0.05, 0) is 25.2 Å². The zero-order valence-electron chi connectivity index (χ0n) is 19.3. The van der Waals surface area contributed by atoms with Crippen molar-refractivity contribution in [2.75, 3.05) is 0 Å². The molecule has 12 nitrogen and oxygen atoms in total. The summed E-state index contributed by atoms with van der Waals surface area (Å²) < 4.78 is 0. The van der Waals surface area contributed by atoms with Crippen molar-refractivity contribution in [3.05, 3.63) is 0 Å². The number of aliphatic carboxylic acids is 1. The first kappa shape index (κ1) is 29.3. The van der Waals surface area contributed by atoms with Crippen LogP contribution in [-0.4, -0.2) is 70.1 Å². The van der Waals surface area contributed by atoms with Gasteiger partial charge in [0.15, 0.2) is 6.04 Å². The summed E-state index contributed by atoms with van der Waals surface area (Å²) in [5.74, 6) is -4.89. The van der Waals surface area contributed by atoms with Crippen molar-refractivity contribution in [1.82, 2.24) is 16.0 Å². The predicted molar refractivity (Wildman–Crippen MR) is 116 cm³/mol. The van der Waals surface area contributed by atoms with Gasteiger partial charge in [-0.2, -0.15) is 0 Å². The highest BCUT2D eigenvalue weighted by Crippen LogP contribution is 2.09. The number of carboxylic acids is 1. The van der Waals surface area contributed by atoms with Gasteiger partial charge in [-0.1, -0.05) is 34.1 Å². The first-order valence-corrected chi connectivity index (χ1v) is 10.6. The van der Waals surface area contributed by atoms with Gasteiger partial charge in [0.1, 0.15) is 12.1 Å². The lowest BCUT2D eigenvalue weighted by Crippen LogP contribution is -2.59. The maximum absolute atomic E-state index is 12.8. The molecule has 0 bridgehead atoms. The van der Waals surface area contributed by atoms with Crippen molar-refractivity contribution in [3.63, 3.8) is 0 Å². The third-order valence-electron chi connectivity index (χ3n) is 4.98. The molecule has 0 rings (SSSR count). The molecule has 6 unspecified atom stereocenters. The van der Waals surface area contributed by atoms with Crippen LogP contribution in [0.15, 0.2) is 0 Å². The number of rotatable bonds is 14. The lowest BCUT2D eigenvalue weighted by atomic mass is 9.98. The summed E-state index contributed by atoms with van der Waals surface area (Å²) in [4.78, 5) is 60.5. The topological polar surface area (TPSA) is 214 Å². The maximum Gasteiger partial charge on any atom is 0.328 e. The second-order valence-electron chi connectivity index (χ2n) is 8.40. The molecule has 0 radical (unpaired) electrons. The average Bonchev–Trinajstić information content (AvgIpc) is 2.68. The minimum absolute atomic E-state index is 0.0797. The van der Waals surface area contributed by atoms with Crippen LogP contribution < -0.4 is 27.4 Å². The fourth-order valence-electron chi connectivity index (χ4n) is 2.81. The molecule has 0 saturated heterocycles. The molecule has 0 aliphatic heterocycles. The third kappa shape index (κ3) is 10.1. The molecule has 0 aromatic rings. The number of hydrogen-bond donors (Lipinski definition) is 7. The van der Waals surface area contributed by atoms with E-state index >= 15 is 0 Å². The van der Waals surface area contributed by atoms with E-state index in [9.17, 15) is 29.1 Å². The van der Waals surface area contributed by atoms with Gasteiger partial charge in [-0.3, -0.25) is 19.2 Å². The summed E-state index contributed by atoms with van der Waals surface area (Å²) in [5.41, 5.74) is 11.1. The molecule has 32 heavy (non-hydrogen) atoms. The van der Waals surface area contributed by atoms with Crippen LogP contribution in [0.2, 0.25) is 0 Å². The lowest BCUT2D eigenvalue weighted by molar-refractivity contribution is -0.145. The number of carboxylic acid groups (broad SMARTS) is 1. The van der Waals surface area contributed by atoms with Crippen LogP contribution in [0.5, 0.6) is 0 Å². The molecule has 0 fully saturated rings. The largest absolute Gasteiger partial charge is 0.480 e. The van der Waals surface area contributed by atoms with Crippen molar-refractivity contribution in [2.24, 2.45) is 23.3 Å². The zero-order chi connectivity index (χ0) is 25.2. The Morgan fingerprint density at radius 2 is 1.38 bits per heavy atom. The number of carbonyl (C=O) groups excluding carboxylic acids is 4. The van der Waals surface area contributed by atoms with Crippen molar-refractivity contribution in [1.29, 1.82) is 0 Å². The van der Waals surface area contributed by atoms with Crippen molar-refractivity contribution in [2.45, 2.75) is 84.2 Å². The van der Waals surface area contributed by atoms with E-state index in [0.29, 0.717) is 6.42 Å². The standard InChI is InChI=1S/C20H37N5O7/c1-6-10(4)15(22)19(30)24-13(8-14(21)27)17(28)23-12(7-9(2)3)18(29)25-16(11(5)26)20(31)32/h9-13,15-16,26H,6-8,22H2,1-5H3,(H2,21,27)(H,23,28)(H,24,30)(H,25,29)(H,31,32). The van der Waals surface area contributed by atoms with Gasteiger partial charge in [0, 0.05) is 0 Å². The third-order valence-corrected chi connectivity index (χ3v) is 4.98. The Balaban J connectivity index is 5.56.